The quantitative estimate of drug-likeness (QED) is 0.117. The number of benzene rings is 16. The van der Waals surface area contributed by atoms with Gasteiger partial charge in [0, 0.05) is 0 Å². The largest absolute Gasteiger partial charge is 0.0617 e. The van der Waals surface area contributed by atoms with Crippen LogP contribution in [0, 0.1) is 0 Å². The molecule has 0 saturated carbocycles. The van der Waals surface area contributed by atoms with Crippen LogP contribution < -0.4 is 56.4 Å². The Labute approximate surface area is 585 Å². The Morgan fingerprint density at radius 1 is 0.230 bits per heavy atom. The van der Waals surface area contributed by atoms with Crippen molar-refractivity contribution in [2.24, 2.45) is 0 Å². The van der Waals surface area contributed by atoms with E-state index in [9.17, 15) is 0 Å². The van der Waals surface area contributed by atoms with Crippen LogP contribution in [0.2, 0.25) is 0 Å². The van der Waals surface area contributed by atoms with E-state index in [1.54, 1.807) is 0 Å². The standard InChI is InChI=1S/C92H57B2N5Se/c1-6-28-58(29-7-1)85-65-38-16-18-40-67(65)86(68-41-19-17-39-66(68)85)59-50-52-64(53-51-59)99-78-49-27-23-45-72(78)94-74-54-73-79(56-83(74)100-84-57-81-88(92(99)90(84)94)70-43-21-25-47-76(70)96(81)61-32-10-3-11-33-61)97(62-34-12-4-13-35-62)82-55-80-87(69-42-20-24-46-75(69)95(80)60-30-8-2-9-31-60)91-89(82)93(73)71-44-22-26-48-77(71)98(91)63-36-14-5-15-37-63/h1-57H. The van der Waals surface area contributed by atoms with Crippen molar-refractivity contribution in [1.82, 2.24) is 9.13 Å². The van der Waals surface area contributed by atoms with Gasteiger partial charge in [0.2, 0.25) is 0 Å². The van der Waals surface area contributed by atoms with Crippen LogP contribution in [0.5, 0.6) is 0 Å². The molecule has 0 atom stereocenters. The number of para-hydroxylation sites is 8. The average Bonchev–Trinajstić information content (AvgIpc) is 1.20. The summed E-state index contributed by atoms with van der Waals surface area (Å²) in [4.78, 5) is 7.87. The first-order chi connectivity index (χ1) is 49.7. The fraction of sp³-hybridized carbons (Fsp3) is 0. The van der Waals surface area contributed by atoms with Crippen molar-refractivity contribution in [3.05, 3.63) is 346 Å². The third-order valence-electron chi connectivity index (χ3n) is 21.8. The molecule has 0 spiro atoms. The van der Waals surface area contributed by atoms with E-state index in [0.29, 0.717) is 0 Å². The predicted octanol–water partition coefficient (Wildman–Crippen LogP) is 17.9. The van der Waals surface area contributed by atoms with Gasteiger partial charge in [-0.1, -0.05) is 42.5 Å². The number of anilines is 9. The van der Waals surface area contributed by atoms with Crippen LogP contribution in [0.25, 0.3) is 98.8 Å². The summed E-state index contributed by atoms with van der Waals surface area (Å²) >= 11 is -0.154. The third kappa shape index (κ3) is 7.86. The van der Waals surface area contributed by atoms with Gasteiger partial charge in [-0.05, 0) is 5.56 Å². The zero-order valence-electron chi connectivity index (χ0n) is 54.2. The van der Waals surface area contributed by atoms with Gasteiger partial charge in [0.25, 0.3) is 0 Å². The normalized spacial score (nSPS) is 13.3. The topological polar surface area (TPSA) is 19.6 Å². The number of hydrogen-bond acceptors (Lipinski definition) is 3. The first-order valence-electron chi connectivity index (χ1n) is 34.6. The van der Waals surface area contributed by atoms with E-state index >= 15 is 0 Å². The van der Waals surface area contributed by atoms with Crippen LogP contribution in [0.15, 0.2) is 346 Å². The van der Waals surface area contributed by atoms with E-state index in [1.807, 2.05) is 0 Å². The van der Waals surface area contributed by atoms with E-state index in [-0.39, 0.29) is 28.4 Å². The molecule has 0 aliphatic carbocycles. The van der Waals surface area contributed by atoms with Gasteiger partial charge in [-0.25, -0.2) is 0 Å². The predicted molar refractivity (Wildman–Crippen MR) is 426 cm³/mol. The molecule has 8 heteroatoms. The molecule has 16 aromatic carbocycles. The molecule has 0 N–H and O–H groups in total. The van der Waals surface area contributed by atoms with Crippen molar-refractivity contribution in [1.29, 1.82) is 0 Å². The van der Waals surface area contributed by atoms with Gasteiger partial charge in [-0.3, -0.25) is 0 Å². The molecule has 4 aliphatic heterocycles. The smallest absolute Gasteiger partial charge is 0.0543 e. The molecule has 462 valence electrons. The zero-order valence-corrected chi connectivity index (χ0v) is 55.9. The number of fused-ring (bicyclic) bond motifs is 18. The van der Waals surface area contributed by atoms with E-state index in [0.717, 1.165) is 28.4 Å². The van der Waals surface area contributed by atoms with Gasteiger partial charge < -0.3 is 0 Å². The van der Waals surface area contributed by atoms with E-state index < -0.39 is 0 Å². The monoisotopic (exact) mass is 1330 g/mol. The first kappa shape index (κ1) is 55.8. The summed E-state index contributed by atoms with van der Waals surface area (Å²) in [6.07, 6.45) is 0. The van der Waals surface area contributed by atoms with Crippen molar-refractivity contribution in [2.75, 3.05) is 14.7 Å². The maximum Gasteiger partial charge on any atom is -0.0543 e. The minimum Gasteiger partial charge on any atom is -0.0617 e. The van der Waals surface area contributed by atoms with Gasteiger partial charge >= 0.3 is 542 Å². The van der Waals surface area contributed by atoms with Gasteiger partial charge in [0.1, 0.15) is 0 Å². The number of nitrogens with zero attached hydrogens (tertiary/aromatic N) is 5. The van der Waals surface area contributed by atoms with E-state index in [1.165, 1.54) is 163 Å². The van der Waals surface area contributed by atoms with Crippen LogP contribution in [-0.2, 0) is 0 Å². The molecular weight excluding hydrogens is 1280 g/mol. The Hall–Kier alpha value is -12.3. The summed E-state index contributed by atoms with van der Waals surface area (Å²) in [6, 6.07) is 130. The molecule has 18 aromatic rings. The van der Waals surface area contributed by atoms with Crippen molar-refractivity contribution in [3.8, 4) is 33.6 Å². The molecule has 4 aliphatic rings. The zero-order chi connectivity index (χ0) is 65.3. The molecule has 22 rings (SSSR count). The van der Waals surface area contributed by atoms with Crippen molar-refractivity contribution >= 4 is 186 Å². The van der Waals surface area contributed by atoms with Crippen LogP contribution >= 0.6 is 0 Å². The number of rotatable bonds is 7. The van der Waals surface area contributed by atoms with Crippen LogP contribution in [0.3, 0.4) is 0 Å². The Morgan fingerprint density at radius 3 is 1.14 bits per heavy atom. The van der Waals surface area contributed by atoms with Gasteiger partial charge in [0.05, 0.1) is 0 Å². The second kappa shape index (κ2) is 21.6. The molecule has 5 nitrogen and oxygen atoms in total. The summed E-state index contributed by atoms with van der Waals surface area (Å²) in [7, 11) is 0. The fourth-order valence-corrected chi connectivity index (χ4v) is 20.5. The summed E-state index contributed by atoms with van der Waals surface area (Å²) in [5.74, 6) is 0. The molecule has 0 radical (unpaired) electrons. The van der Waals surface area contributed by atoms with Crippen LogP contribution in [0.4, 0.5) is 51.2 Å². The minimum absolute atomic E-state index is 0.0891. The molecule has 0 fully saturated rings. The maximum atomic E-state index is 2.71. The molecule has 0 bridgehead atoms. The van der Waals surface area contributed by atoms with Crippen molar-refractivity contribution < 1.29 is 0 Å². The maximum absolute atomic E-state index is 2.71. The second-order valence-electron chi connectivity index (χ2n) is 26.9. The van der Waals surface area contributed by atoms with Crippen LogP contribution in [0.1, 0.15) is 0 Å². The fourth-order valence-electron chi connectivity index (χ4n) is 18.0. The molecule has 2 aromatic heterocycles. The van der Waals surface area contributed by atoms with E-state index in [2.05, 4.69) is 370 Å². The van der Waals surface area contributed by atoms with Gasteiger partial charge in [-0.15, -0.1) is 0 Å². The summed E-state index contributed by atoms with van der Waals surface area (Å²) < 4.78 is 7.85. The second-order valence-corrected chi connectivity index (χ2v) is 29.2. The Kier molecular flexibility index (Phi) is 12.0. The molecule has 100 heavy (non-hydrogen) atoms. The molecule has 0 amide bonds. The van der Waals surface area contributed by atoms with Gasteiger partial charge in [0.15, 0.2) is 0 Å². The molecule has 6 heterocycles. The Balaban J connectivity index is 0.815. The Bertz CT molecular complexity index is 6400. The summed E-state index contributed by atoms with van der Waals surface area (Å²) in [5.41, 5.74) is 30.7. The molecular formula is C92H57B2N5Se. The Morgan fingerprint density at radius 2 is 0.620 bits per heavy atom. The number of hydrogen-bond donors (Lipinski definition) is 0. The summed E-state index contributed by atoms with van der Waals surface area (Å²) in [6.45, 7) is -0.212. The van der Waals surface area contributed by atoms with Crippen LogP contribution in [-0.4, -0.2) is 37.5 Å². The van der Waals surface area contributed by atoms with Crippen molar-refractivity contribution in [3.63, 3.8) is 0 Å². The summed E-state index contributed by atoms with van der Waals surface area (Å²) in [5, 5.41) is 9.97. The molecule has 0 saturated heterocycles. The third-order valence-corrected chi connectivity index (χ3v) is 24.2. The SMILES string of the molecule is c1ccc(-c2c3ccccc3c(-c3ccc(N4c5ccccc5B5c6cc7c(cc6[Se]c6cc8c(c4c65)c4ccccc4n8-c4ccccc4)N(c4ccccc4)c4cc5c(c6c4B7c4ccccc4N6c4ccccc4)c4ccccc4n5-c4ccccc4)cc3)c3ccccc23)cc1. The number of aromatic nitrogens is 2. The first-order valence-corrected chi connectivity index (χ1v) is 36.4. The average molecular weight is 1330 g/mol. The van der Waals surface area contributed by atoms with E-state index in [4.69, 9.17) is 0 Å². The van der Waals surface area contributed by atoms with Crippen molar-refractivity contribution in [2.45, 2.75) is 0 Å². The minimum atomic E-state index is -0.154. The molecule has 0 unspecified atom stereocenters. The van der Waals surface area contributed by atoms with Gasteiger partial charge in [-0.2, -0.15) is 0 Å².